The van der Waals surface area contributed by atoms with Crippen molar-refractivity contribution < 1.29 is 9.90 Å². The molecule has 0 saturated carbocycles. The minimum absolute atomic E-state index is 0.243. The summed E-state index contributed by atoms with van der Waals surface area (Å²) in [5, 5.41) is 16.8. The highest BCUT2D eigenvalue weighted by Gasteiger charge is 2.17. The van der Waals surface area contributed by atoms with Crippen LogP contribution in [0.2, 0.25) is 0 Å². The van der Waals surface area contributed by atoms with Gasteiger partial charge < -0.3 is 15.3 Å². The van der Waals surface area contributed by atoms with Gasteiger partial charge in [-0.3, -0.25) is 9.59 Å². The number of aromatic nitrogens is 2. The van der Waals surface area contributed by atoms with Crippen molar-refractivity contribution in [2.24, 2.45) is 0 Å². The third-order valence-corrected chi connectivity index (χ3v) is 4.35. The zero-order chi connectivity index (χ0) is 19.6. The quantitative estimate of drug-likeness (QED) is 0.666. The molecule has 1 heterocycles. The molecule has 1 amide bonds. The van der Waals surface area contributed by atoms with Crippen LogP contribution >= 0.6 is 15.9 Å². The summed E-state index contributed by atoms with van der Waals surface area (Å²) in [5.41, 5.74) is 1.15. The first kappa shape index (κ1) is 18.7. The number of nitrogens with one attached hydrogen (secondary N) is 1. The monoisotopic (exact) mass is 428 g/mol. The summed E-state index contributed by atoms with van der Waals surface area (Å²) < 4.78 is 1.91. The molecule has 0 bridgehead atoms. The lowest BCUT2D eigenvalue weighted by Crippen LogP contribution is -2.25. The van der Waals surface area contributed by atoms with Crippen molar-refractivity contribution in [1.29, 1.82) is 0 Å². The van der Waals surface area contributed by atoms with Crippen LogP contribution in [-0.4, -0.2) is 34.9 Å². The van der Waals surface area contributed by atoms with Gasteiger partial charge in [0.15, 0.2) is 11.4 Å². The van der Waals surface area contributed by atoms with Crippen molar-refractivity contribution in [2.45, 2.75) is 0 Å². The lowest BCUT2D eigenvalue weighted by atomic mass is 10.2. The fraction of sp³-hybridized carbons (Fsp3) is 0.105. The molecule has 0 atom stereocenters. The van der Waals surface area contributed by atoms with E-state index in [-0.39, 0.29) is 5.69 Å². The van der Waals surface area contributed by atoms with Gasteiger partial charge in [-0.05, 0) is 42.5 Å². The number of halogens is 1. The van der Waals surface area contributed by atoms with Crippen LogP contribution in [0, 0.1) is 0 Å². The number of carbonyl (C=O) groups is 1. The van der Waals surface area contributed by atoms with Crippen molar-refractivity contribution in [2.75, 3.05) is 24.3 Å². The molecule has 0 aliphatic carbocycles. The number of hydrogen-bond acceptors (Lipinski definition) is 5. The molecule has 27 heavy (non-hydrogen) atoms. The van der Waals surface area contributed by atoms with Crippen LogP contribution in [0.15, 0.2) is 63.9 Å². The average molecular weight is 429 g/mol. The van der Waals surface area contributed by atoms with E-state index in [1.54, 1.807) is 42.5 Å². The number of aromatic hydroxyl groups is 1. The lowest BCUT2D eigenvalue weighted by molar-refractivity contribution is 0.101. The maximum absolute atomic E-state index is 12.6. The standard InChI is InChI=1S/C19H17BrN4O3/c1-23(2)15-5-3-4-13(10-15)21-19(27)18-16(25)11-17(26)24(22-18)14-8-6-12(20)7-9-14/h3-11,25H,1-2H3,(H,21,27). The molecule has 3 aromatic rings. The maximum atomic E-state index is 12.6. The van der Waals surface area contributed by atoms with Crippen LogP contribution < -0.4 is 15.8 Å². The highest BCUT2D eigenvalue weighted by molar-refractivity contribution is 9.10. The van der Waals surface area contributed by atoms with Crippen LogP contribution in [0.1, 0.15) is 10.5 Å². The Morgan fingerprint density at radius 3 is 2.52 bits per heavy atom. The number of anilines is 2. The first-order valence-corrected chi connectivity index (χ1v) is 8.82. The molecule has 0 unspecified atom stereocenters. The van der Waals surface area contributed by atoms with E-state index in [4.69, 9.17) is 0 Å². The highest BCUT2D eigenvalue weighted by Crippen LogP contribution is 2.20. The van der Waals surface area contributed by atoms with Crippen molar-refractivity contribution in [1.82, 2.24) is 9.78 Å². The van der Waals surface area contributed by atoms with Crippen molar-refractivity contribution in [3.05, 3.63) is 75.1 Å². The Balaban J connectivity index is 1.95. The zero-order valence-corrected chi connectivity index (χ0v) is 16.3. The smallest absolute Gasteiger partial charge is 0.279 e. The Morgan fingerprint density at radius 1 is 1.15 bits per heavy atom. The Morgan fingerprint density at radius 2 is 1.85 bits per heavy atom. The van der Waals surface area contributed by atoms with Crippen LogP contribution in [0.3, 0.4) is 0 Å². The van der Waals surface area contributed by atoms with Gasteiger partial charge in [-0.2, -0.15) is 9.78 Å². The van der Waals surface area contributed by atoms with E-state index in [1.807, 2.05) is 25.1 Å². The van der Waals surface area contributed by atoms with Gasteiger partial charge in [0.05, 0.1) is 5.69 Å². The SMILES string of the molecule is CN(C)c1cccc(NC(=O)c2nn(-c3ccc(Br)cc3)c(=O)cc2O)c1. The van der Waals surface area contributed by atoms with E-state index in [9.17, 15) is 14.7 Å². The van der Waals surface area contributed by atoms with Gasteiger partial charge in [0, 0.05) is 36.0 Å². The van der Waals surface area contributed by atoms with E-state index < -0.39 is 17.2 Å². The third kappa shape index (κ3) is 4.17. The molecule has 2 N–H and O–H groups in total. The summed E-state index contributed by atoms with van der Waals surface area (Å²) in [4.78, 5) is 26.7. The highest BCUT2D eigenvalue weighted by atomic mass is 79.9. The average Bonchev–Trinajstić information content (AvgIpc) is 2.63. The zero-order valence-electron chi connectivity index (χ0n) is 14.7. The van der Waals surface area contributed by atoms with Gasteiger partial charge >= 0.3 is 0 Å². The van der Waals surface area contributed by atoms with E-state index >= 15 is 0 Å². The Bertz CT molecular complexity index is 1050. The molecule has 0 spiro atoms. The predicted octanol–water partition coefficient (Wildman–Crippen LogP) is 3.02. The molecule has 0 fully saturated rings. The summed E-state index contributed by atoms with van der Waals surface area (Å²) in [5.74, 6) is -1.09. The van der Waals surface area contributed by atoms with Crippen LogP contribution in [0.5, 0.6) is 5.75 Å². The second-order valence-electron chi connectivity index (χ2n) is 6.00. The maximum Gasteiger partial charge on any atom is 0.279 e. The van der Waals surface area contributed by atoms with Gasteiger partial charge in [0.2, 0.25) is 0 Å². The number of benzene rings is 2. The summed E-state index contributed by atoms with van der Waals surface area (Å²) in [6.07, 6.45) is 0. The van der Waals surface area contributed by atoms with Crippen LogP contribution in [-0.2, 0) is 0 Å². The van der Waals surface area contributed by atoms with Gasteiger partial charge in [-0.25, -0.2) is 0 Å². The molecule has 7 nitrogen and oxygen atoms in total. The van der Waals surface area contributed by atoms with E-state index in [0.717, 1.165) is 20.9 Å². The van der Waals surface area contributed by atoms with Crippen molar-refractivity contribution in [3.63, 3.8) is 0 Å². The summed E-state index contributed by atoms with van der Waals surface area (Å²) >= 11 is 3.32. The predicted molar refractivity (Wildman–Crippen MR) is 108 cm³/mol. The second kappa shape index (κ2) is 7.63. The van der Waals surface area contributed by atoms with Crippen molar-refractivity contribution >= 4 is 33.2 Å². The van der Waals surface area contributed by atoms with Crippen molar-refractivity contribution in [3.8, 4) is 11.4 Å². The molecular weight excluding hydrogens is 412 g/mol. The Labute approximate surface area is 164 Å². The minimum atomic E-state index is -0.616. The first-order chi connectivity index (χ1) is 12.8. The van der Waals surface area contributed by atoms with E-state index in [0.29, 0.717) is 11.4 Å². The van der Waals surface area contributed by atoms with E-state index in [1.165, 1.54) is 0 Å². The molecule has 0 aliphatic rings. The Hall–Kier alpha value is -3.13. The molecule has 0 radical (unpaired) electrons. The van der Waals surface area contributed by atoms with E-state index in [2.05, 4.69) is 26.3 Å². The lowest BCUT2D eigenvalue weighted by Gasteiger charge is -2.14. The Kier molecular flexibility index (Phi) is 5.27. The summed E-state index contributed by atoms with van der Waals surface area (Å²) in [6.45, 7) is 0. The number of nitrogens with zero attached hydrogens (tertiary/aromatic N) is 3. The van der Waals surface area contributed by atoms with Gasteiger partial charge in [0.25, 0.3) is 11.5 Å². The molecule has 138 valence electrons. The first-order valence-electron chi connectivity index (χ1n) is 8.03. The third-order valence-electron chi connectivity index (χ3n) is 3.82. The number of hydrogen-bond donors (Lipinski definition) is 2. The number of rotatable bonds is 4. The second-order valence-corrected chi connectivity index (χ2v) is 6.92. The molecule has 0 saturated heterocycles. The molecule has 8 heteroatoms. The molecule has 0 aliphatic heterocycles. The summed E-state index contributed by atoms with van der Waals surface area (Å²) in [7, 11) is 3.78. The van der Waals surface area contributed by atoms with Gasteiger partial charge in [-0.15, -0.1) is 0 Å². The van der Waals surface area contributed by atoms with Crippen LogP contribution in [0.25, 0.3) is 5.69 Å². The molecule has 3 rings (SSSR count). The topological polar surface area (TPSA) is 87.5 Å². The number of amides is 1. The minimum Gasteiger partial charge on any atom is -0.505 e. The van der Waals surface area contributed by atoms with Crippen LogP contribution in [0.4, 0.5) is 11.4 Å². The fourth-order valence-corrected chi connectivity index (χ4v) is 2.69. The van der Waals surface area contributed by atoms with Gasteiger partial charge in [0.1, 0.15) is 0 Å². The normalized spacial score (nSPS) is 10.5. The van der Waals surface area contributed by atoms with Gasteiger partial charge in [-0.1, -0.05) is 22.0 Å². The molecular formula is C19H17BrN4O3. The summed E-state index contributed by atoms with van der Waals surface area (Å²) in [6, 6.07) is 15.1. The molecule has 1 aromatic heterocycles. The largest absolute Gasteiger partial charge is 0.505 e. The molecule has 2 aromatic carbocycles. The number of carbonyl (C=O) groups excluding carboxylic acids is 1. The fourth-order valence-electron chi connectivity index (χ4n) is 2.43.